The lowest BCUT2D eigenvalue weighted by Gasteiger charge is -2.11. The monoisotopic (exact) mass is 286 g/mol. The Kier molecular flexibility index (Phi) is 3.85. The maximum absolute atomic E-state index is 13.9. The molecular weight excluding hydrogens is 275 g/mol. The number of fused-ring (bicyclic) bond motifs is 1. The van der Waals surface area contributed by atoms with E-state index in [2.05, 4.69) is 6.58 Å². The maximum atomic E-state index is 13.9. The number of benzene rings is 1. The van der Waals surface area contributed by atoms with Crippen LogP contribution in [0, 0.1) is 17.1 Å². The fourth-order valence-corrected chi connectivity index (χ4v) is 2.12. The topological polar surface area (TPSA) is 83.1 Å². The highest BCUT2D eigenvalue weighted by Crippen LogP contribution is 2.18. The lowest BCUT2D eigenvalue weighted by molar-refractivity contribution is 0.0695. The molecule has 0 fully saturated rings. The number of nitrogens with zero attached hydrogens (tertiary/aromatic N) is 2. The van der Waals surface area contributed by atoms with Crippen LogP contribution in [-0.2, 0) is 13.0 Å². The van der Waals surface area contributed by atoms with Crippen LogP contribution < -0.4 is 5.43 Å². The van der Waals surface area contributed by atoms with Gasteiger partial charge in [0.2, 0.25) is 5.43 Å². The van der Waals surface area contributed by atoms with Crippen LogP contribution >= 0.6 is 0 Å². The third-order valence-corrected chi connectivity index (χ3v) is 3.07. The summed E-state index contributed by atoms with van der Waals surface area (Å²) >= 11 is 0. The summed E-state index contributed by atoms with van der Waals surface area (Å²) in [4.78, 5) is 23.2. The van der Waals surface area contributed by atoms with E-state index >= 15 is 0 Å². The lowest BCUT2D eigenvalue weighted by atomic mass is 10.1. The van der Waals surface area contributed by atoms with Crippen LogP contribution in [0.3, 0.4) is 0 Å². The summed E-state index contributed by atoms with van der Waals surface area (Å²) in [5, 5.41) is 17.7. The molecule has 1 heterocycles. The van der Waals surface area contributed by atoms with Gasteiger partial charge in [-0.1, -0.05) is 6.08 Å². The molecule has 21 heavy (non-hydrogen) atoms. The first-order valence-electron chi connectivity index (χ1n) is 6.06. The molecule has 0 unspecified atom stereocenters. The molecule has 5 nitrogen and oxygen atoms in total. The Hall–Kier alpha value is -2.94. The van der Waals surface area contributed by atoms with E-state index in [0.717, 1.165) is 6.07 Å². The first-order valence-corrected chi connectivity index (χ1v) is 6.06. The molecule has 0 spiro atoms. The van der Waals surface area contributed by atoms with Crippen molar-refractivity contribution < 1.29 is 14.3 Å². The third-order valence-electron chi connectivity index (χ3n) is 3.07. The number of aromatic carboxylic acids is 1. The molecule has 0 saturated carbocycles. The second kappa shape index (κ2) is 5.59. The number of pyridine rings is 1. The van der Waals surface area contributed by atoms with Gasteiger partial charge in [-0.25, -0.2) is 9.18 Å². The second-order valence-electron chi connectivity index (χ2n) is 4.41. The first-order chi connectivity index (χ1) is 9.99. The molecule has 0 radical (unpaired) electrons. The van der Waals surface area contributed by atoms with Gasteiger partial charge in [0.15, 0.2) is 0 Å². The molecule has 0 aliphatic heterocycles. The molecule has 1 aromatic carbocycles. The zero-order valence-corrected chi connectivity index (χ0v) is 11.0. The van der Waals surface area contributed by atoms with Gasteiger partial charge < -0.3 is 9.67 Å². The van der Waals surface area contributed by atoms with Crippen molar-refractivity contribution in [2.75, 3.05) is 0 Å². The molecule has 106 valence electrons. The van der Waals surface area contributed by atoms with Crippen molar-refractivity contribution in [2.45, 2.75) is 13.0 Å². The smallest absolute Gasteiger partial charge is 0.341 e. The van der Waals surface area contributed by atoms with Crippen molar-refractivity contribution in [3.8, 4) is 6.07 Å². The van der Waals surface area contributed by atoms with E-state index in [1.165, 1.54) is 22.9 Å². The van der Waals surface area contributed by atoms with Crippen LogP contribution in [0.25, 0.3) is 10.9 Å². The van der Waals surface area contributed by atoms with Gasteiger partial charge in [0.1, 0.15) is 11.4 Å². The first kappa shape index (κ1) is 14.5. The summed E-state index contributed by atoms with van der Waals surface area (Å²) in [6.07, 6.45) is 2.59. The molecule has 0 saturated heterocycles. The van der Waals surface area contributed by atoms with Crippen LogP contribution in [0.5, 0.6) is 0 Å². The van der Waals surface area contributed by atoms with Crippen molar-refractivity contribution in [1.29, 1.82) is 5.26 Å². The minimum absolute atomic E-state index is 0.0315. The van der Waals surface area contributed by atoms with E-state index in [-0.39, 0.29) is 23.9 Å². The fourth-order valence-electron chi connectivity index (χ4n) is 2.12. The molecule has 0 bridgehead atoms. The van der Waals surface area contributed by atoms with E-state index in [1.54, 1.807) is 0 Å². The Bertz CT molecular complexity index is 847. The van der Waals surface area contributed by atoms with E-state index < -0.39 is 22.8 Å². The molecule has 1 N–H and O–H groups in total. The molecular formula is C15H11FN2O3. The zero-order chi connectivity index (χ0) is 15.6. The molecule has 0 amide bonds. The zero-order valence-electron chi connectivity index (χ0n) is 11.0. The summed E-state index contributed by atoms with van der Waals surface area (Å²) in [6, 6.07) is 4.22. The number of halogens is 1. The van der Waals surface area contributed by atoms with Gasteiger partial charge in [-0.15, -0.1) is 6.58 Å². The van der Waals surface area contributed by atoms with E-state index in [1.807, 2.05) is 6.07 Å². The van der Waals surface area contributed by atoms with E-state index in [0.29, 0.717) is 5.52 Å². The quantitative estimate of drug-likeness (QED) is 0.872. The number of carboxylic acids is 1. The summed E-state index contributed by atoms with van der Waals surface area (Å²) in [6.45, 7) is 3.82. The Morgan fingerprint density at radius 3 is 2.81 bits per heavy atom. The molecule has 0 aliphatic rings. The SMILES string of the molecule is C=CCn1cc(C(=O)O)c(=O)c2cc(F)c(CC#N)cc21. The Morgan fingerprint density at radius 1 is 1.52 bits per heavy atom. The number of carbonyl (C=O) groups is 1. The lowest BCUT2D eigenvalue weighted by Crippen LogP contribution is -2.19. The van der Waals surface area contributed by atoms with Crippen molar-refractivity contribution >= 4 is 16.9 Å². The standard InChI is InChI=1S/C15H11FN2O3/c1-2-5-18-8-11(15(20)21)14(19)10-7-12(16)9(3-4-17)6-13(10)18/h2,6-8H,1,3,5H2,(H,20,21). The highest BCUT2D eigenvalue weighted by molar-refractivity contribution is 5.92. The van der Waals surface area contributed by atoms with Crippen LogP contribution in [0.4, 0.5) is 4.39 Å². The second-order valence-corrected chi connectivity index (χ2v) is 4.41. The molecule has 2 aromatic rings. The highest BCUT2D eigenvalue weighted by atomic mass is 19.1. The van der Waals surface area contributed by atoms with Crippen LogP contribution in [-0.4, -0.2) is 15.6 Å². The predicted molar refractivity (Wildman–Crippen MR) is 74.6 cm³/mol. The predicted octanol–water partition coefficient (Wildman–Crippen LogP) is 2.09. The number of allylic oxidation sites excluding steroid dienone is 1. The van der Waals surface area contributed by atoms with Gasteiger partial charge in [0.05, 0.1) is 18.0 Å². The molecule has 2 rings (SSSR count). The number of carboxylic acid groups (broad SMARTS) is 1. The number of aromatic nitrogens is 1. The fraction of sp³-hybridized carbons (Fsp3) is 0.133. The van der Waals surface area contributed by atoms with Crippen LogP contribution in [0.15, 0.2) is 35.8 Å². The van der Waals surface area contributed by atoms with Crippen molar-refractivity contribution in [3.63, 3.8) is 0 Å². The number of nitriles is 1. The largest absolute Gasteiger partial charge is 0.477 e. The average Bonchev–Trinajstić information content (AvgIpc) is 2.43. The summed E-state index contributed by atoms with van der Waals surface area (Å²) in [5.41, 5.74) is -0.654. The molecule has 1 aromatic heterocycles. The average molecular weight is 286 g/mol. The Labute approximate surface area is 119 Å². The Morgan fingerprint density at radius 2 is 2.24 bits per heavy atom. The van der Waals surface area contributed by atoms with Gasteiger partial charge >= 0.3 is 5.97 Å². The number of rotatable bonds is 4. The van der Waals surface area contributed by atoms with Crippen LogP contribution in [0.2, 0.25) is 0 Å². The van der Waals surface area contributed by atoms with Gasteiger partial charge in [-0.05, 0) is 12.1 Å². The van der Waals surface area contributed by atoms with Gasteiger partial charge in [0, 0.05) is 23.7 Å². The third kappa shape index (κ3) is 2.54. The normalized spacial score (nSPS) is 10.3. The molecule has 6 heteroatoms. The number of hydrogen-bond donors (Lipinski definition) is 1. The van der Waals surface area contributed by atoms with E-state index in [9.17, 15) is 14.0 Å². The van der Waals surface area contributed by atoms with E-state index in [4.69, 9.17) is 10.4 Å². The van der Waals surface area contributed by atoms with Gasteiger partial charge in [-0.3, -0.25) is 4.79 Å². The minimum atomic E-state index is -1.37. The Balaban J connectivity index is 2.90. The van der Waals surface area contributed by atoms with Gasteiger partial charge in [0.25, 0.3) is 0 Å². The summed E-state index contributed by atoms with van der Waals surface area (Å²) < 4.78 is 15.4. The molecule has 0 aliphatic carbocycles. The maximum Gasteiger partial charge on any atom is 0.341 e. The molecule has 0 atom stereocenters. The van der Waals surface area contributed by atoms with Crippen molar-refractivity contribution in [2.24, 2.45) is 0 Å². The van der Waals surface area contributed by atoms with Gasteiger partial charge in [-0.2, -0.15) is 5.26 Å². The van der Waals surface area contributed by atoms with Crippen molar-refractivity contribution in [3.05, 3.63) is 58.2 Å². The number of hydrogen-bond acceptors (Lipinski definition) is 3. The van der Waals surface area contributed by atoms with Crippen molar-refractivity contribution in [1.82, 2.24) is 4.57 Å². The summed E-state index contributed by atoms with van der Waals surface area (Å²) in [5.74, 6) is -2.07. The van der Waals surface area contributed by atoms with Crippen LogP contribution in [0.1, 0.15) is 15.9 Å². The summed E-state index contributed by atoms with van der Waals surface area (Å²) in [7, 11) is 0. The highest BCUT2D eigenvalue weighted by Gasteiger charge is 2.16. The minimum Gasteiger partial charge on any atom is -0.477 e.